The number of aryl methyl sites for hydroxylation is 1. The highest BCUT2D eigenvalue weighted by atomic mass is 35.5. The summed E-state index contributed by atoms with van der Waals surface area (Å²) in [5, 5.41) is 17.5. The van der Waals surface area contributed by atoms with Crippen LogP contribution >= 0.6 is 11.6 Å². The zero-order valence-electron chi connectivity index (χ0n) is 56.2. The van der Waals surface area contributed by atoms with E-state index in [-0.39, 0.29) is 69.4 Å². The highest BCUT2D eigenvalue weighted by molar-refractivity contribution is 6.31. The molecule has 1 spiro atoms. The van der Waals surface area contributed by atoms with Crippen LogP contribution in [0.4, 0.5) is 13.2 Å². The van der Waals surface area contributed by atoms with E-state index in [1.54, 1.807) is 39.8 Å². The minimum Gasteiger partial charge on any atom is -0.343 e. The second kappa shape index (κ2) is 32.8. The van der Waals surface area contributed by atoms with Crippen LogP contribution in [-0.4, -0.2) is 228 Å². The first-order valence-electron chi connectivity index (χ1n) is 31.8. The first kappa shape index (κ1) is 75.9. The number of carbonyl (C=O) groups excluding carboxylic acids is 11. The Morgan fingerprint density at radius 2 is 1.27 bits per heavy atom. The monoisotopic (exact) mass is 1320 g/mol. The van der Waals surface area contributed by atoms with Crippen LogP contribution in [-0.2, 0) is 71.8 Å². The lowest BCUT2D eigenvalue weighted by atomic mass is 9.91. The molecule has 3 aliphatic rings. The van der Waals surface area contributed by atoms with E-state index in [4.69, 9.17) is 11.6 Å². The van der Waals surface area contributed by atoms with Crippen molar-refractivity contribution in [3.05, 3.63) is 69.7 Å². The molecule has 5 rings (SSSR count). The molecule has 2 saturated heterocycles. The van der Waals surface area contributed by atoms with Crippen LogP contribution in [0.3, 0.4) is 0 Å². The Labute approximate surface area is 549 Å². The molecule has 2 aliphatic heterocycles. The number of fused-ring (bicyclic) bond motifs is 1. The molecule has 27 heteroatoms. The van der Waals surface area contributed by atoms with E-state index >= 15 is 9.59 Å². The minimum atomic E-state index is -4.77. The highest BCUT2D eigenvalue weighted by Gasteiger charge is 2.50. The van der Waals surface area contributed by atoms with Crippen molar-refractivity contribution in [2.45, 2.75) is 180 Å². The molecule has 2 aromatic carbocycles. The van der Waals surface area contributed by atoms with Crippen LogP contribution in [0.2, 0.25) is 5.02 Å². The fourth-order valence-corrected chi connectivity index (χ4v) is 12.7. The predicted molar refractivity (Wildman–Crippen MR) is 341 cm³/mol. The molecule has 11 amide bonds. The van der Waals surface area contributed by atoms with E-state index in [0.717, 1.165) is 31.7 Å². The molecular weight excluding hydrogens is 1230 g/mol. The van der Waals surface area contributed by atoms with E-state index in [1.165, 1.54) is 87.1 Å². The van der Waals surface area contributed by atoms with Gasteiger partial charge in [-0.15, -0.1) is 0 Å². The van der Waals surface area contributed by atoms with Crippen LogP contribution in [0.1, 0.15) is 135 Å². The topological polar surface area (TPSA) is 274 Å². The SMILES string of the molecule is CC[C@H](C)[C@@H]1NC(=O)[C@H](CC(C)C)N(C)C(=O)C[C@@H](C)N(C)C(=O)[C@H](C(C)C)N(C)C(=O)C2(CCCC2)NC(=O)[C@@H]2CCCN2C(=O)[C@H](CCc2ccc(C(F)(F)F)c(Cl)c2)NC(=O)CN(C)C(=O)[C@H](Cc2ccc(C#N)cc2)N(C)C(=O)CN(C)C(=O)CN(C)C1=O. The number of nitriles is 1. The van der Waals surface area contributed by atoms with Gasteiger partial charge >= 0.3 is 6.18 Å². The van der Waals surface area contributed by atoms with Crippen molar-refractivity contribution in [1.29, 1.82) is 5.26 Å². The lowest BCUT2D eigenvalue weighted by Crippen LogP contribution is -2.64. The van der Waals surface area contributed by atoms with Crippen LogP contribution < -0.4 is 16.0 Å². The molecule has 0 unspecified atom stereocenters. The zero-order chi connectivity index (χ0) is 69.7. The molecule has 3 fully saturated rings. The number of nitrogens with one attached hydrogen (secondary N) is 3. The van der Waals surface area contributed by atoms with Crippen LogP contribution in [0.5, 0.6) is 0 Å². The first-order chi connectivity index (χ1) is 43.5. The number of alkyl halides is 3. The number of carbonyl (C=O) groups is 11. The van der Waals surface area contributed by atoms with Crippen LogP contribution in [0.25, 0.3) is 0 Å². The van der Waals surface area contributed by atoms with E-state index in [0.29, 0.717) is 36.8 Å². The van der Waals surface area contributed by atoms with Crippen molar-refractivity contribution < 1.29 is 65.9 Å². The summed E-state index contributed by atoms with van der Waals surface area (Å²) in [6.07, 6.45) is -2.98. The number of hydrogen-bond acceptors (Lipinski definition) is 12. The lowest BCUT2D eigenvalue weighted by molar-refractivity contribution is -0.152. The van der Waals surface area contributed by atoms with Gasteiger partial charge in [-0.3, -0.25) is 52.7 Å². The molecule has 0 radical (unpaired) electrons. The molecule has 1 aliphatic carbocycles. The Bertz CT molecular complexity index is 3120. The van der Waals surface area contributed by atoms with E-state index < -0.39 is 161 Å². The smallest absolute Gasteiger partial charge is 0.343 e. The van der Waals surface area contributed by atoms with Gasteiger partial charge in [-0.2, -0.15) is 18.4 Å². The molecule has 3 N–H and O–H groups in total. The van der Waals surface area contributed by atoms with Crippen molar-refractivity contribution in [2.75, 3.05) is 75.5 Å². The second-order valence-corrected chi connectivity index (χ2v) is 26.6. The van der Waals surface area contributed by atoms with Gasteiger partial charge in [0.05, 0.1) is 41.9 Å². The van der Waals surface area contributed by atoms with E-state index in [9.17, 15) is 61.6 Å². The summed E-state index contributed by atoms with van der Waals surface area (Å²) in [6.45, 7) is 10.7. The third kappa shape index (κ3) is 19.2. The van der Waals surface area contributed by atoms with Crippen molar-refractivity contribution in [3.63, 3.8) is 0 Å². The van der Waals surface area contributed by atoms with Gasteiger partial charge in [-0.25, -0.2) is 0 Å². The summed E-state index contributed by atoms with van der Waals surface area (Å²) in [7, 11) is 9.79. The number of nitrogens with zero attached hydrogens (tertiary/aromatic N) is 9. The number of benzene rings is 2. The number of hydrogen-bond donors (Lipinski definition) is 3. The molecule has 2 aromatic rings. The third-order valence-electron chi connectivity index (χ3n) is 18.5. The molecule has 0 aromatic heterocycles. The highest BCUT2D eigenvalue weighted by Crippen LogP contribution is 2.36. The summed E-state index contributed by atoms with van der Waals surface area (Å²) in [5.74, 6) is -8.37. The molecule has 0 bridgehead atoms. The van der Waals surface area contributed by atoms with Gasteiger partial charge in [0.2, 0.25) is 65.0 Å². The van der Waals surface area contributed by atoms with Crippen molar-refractivity contribution >= 4 is 76.6 Å². The molecular formula is C66H94ClF3N12O11. The van der Waals surface area contributed by atoms with E-state index in [1.807, 2.05) is 26.8 Å². The maximum Gasteiger partial charge on any atom is 0.417 e. The summed E-state index contributed by atoms with van der Waals surface area (Å²) >= 11 is 6.11. The number of amides is 11. The Morgan fingerprint density at radius 3 is 1.84 bits per heavy atom. The van der Waals surface area contributed by atoms with Gasteiger partial charge in [0.15, 0.2) is 0 Å². The summed E-state index contributed by atoms with van der Waals surface area (Å²) in [4.78, 5) is 170. The Balaban J connectivity index is 1.58. The average molecular weight is 1320 g/mol. The van der Waals surface area contributed by atoms with Gasteiger partial charge in [0.1, 0.15) is 41.8 Å². The van der Waals surface area contributed by atoms with Gasteiger partial charge in [-0.05, 0) is 105 Å². The van der Waals surface area contributed by atoms with Crippen molar-refractivity contribution in [3.8, 4) is 6.07 Å². The minimum absolute atomic E-state index is 0.0264. The lowest BCUT2D eigenvalue weighted by Gasteiger charge is -2.41. The van der Waals surface area contributed by atoms with Crippen LogP contribution in [0, 0.1) is 29.1 Å². The summed E-state index contributed by atoms with van der Waals surface area (Å²) in [5.41, 5.74) is -1.51. The largest absolute Gasteiger partial charge is 0.417 e. The fraction of sp³-hybridized carbons (Fsp3) is 0.636. The number of likely N-dealkylation sites (N-methyl/N-ethyl adjacent to an activating group) is 7. The molecule has 23 nitrogen and oxygen atoms in total. The molecule has 2 heterocycles. The zero-order valence-corrected chi connectivity index (χ0v) is 56.9. The maximum atomic E-state index is 15.1. The van der Waals surface area contributed by atoms with Gasteiger partial charge < -0.3 is 55.1 Å². The van der Waals surface area contributed by atoms with Crippen LogP contribution in [0.15, 0.2) is 42.5 Å². The Hall–Kier alpha value is -7.82. The normalized spacial score (nSPS) is 24.6. The molecule has 93 heavy (non-hydrogen) atoms. The Kier molecular flexibility index (Phi) is 26.8. The molecule has 8 atom stereocenters. The summed E-state index contributed by atoms with van der Waals surface area (Å²) in [6, 6.07) is 3.21. The maximum absolute atomic E-state index is 15.1. The number of halogens is 4. The number of rotatable bonds is 10. The van der Waals surface area contributed by atoms with Gasteiger partial charge in [0.25, 0.3) is 0 Å². The molecule has 512 valence electrons. The van der Waals surface area contributed by atoms with Crippen molar-refractivity contribution in [2.24, 2.45) is 17.8 Å². The molecule has 1 saturated carbocycles. The standard InChI is InChI=1S/C66H94ClF3N12O11/c1-15-41(6)56-62(91)77(10)37-54(85)75(8)38-55(86)80(13)51(34-44-20-22-45(35-71)23-21-44)61(90)76(9)36-52(83)72-48(27-25-43-24-26-46(47(67)33-43)66(68,69)70)60(89)82-30-18-19-49(82)59(88)74-65(28-16-17-29-65)64(93)81(14)57(40(4)5)63(92)78(11)42(7)32-53(84)79(12)50(31-39(2)3)58(87)73-56/h20-24,26,33,39-42,48-51,56-57H,15-19,25,27-32,34,36-38H2,1-14H3,(H,72,83)(H,73,87)(H,74,88)/t41-,42+,48-,49-,50-,51-,56-,57-/m0/s1. The van der Waals surface area contributed by atoms with Crippen molar-refractivity contribution in [1.82, 2.24) is 55.1 Å². The van der Waals surface area contributed by atoms with E-state index in [2.05, 4.69) is 16.0 Å². The quantitative estimate of drug-likeness (QED) is 0.293. The summed E-state index contributed by atoms with van der Waals surface area (Å²) < 4.78 is 41.3. The van der Waals surface area contributed by atoms with Gasteiger partial charge in [-0.1, -0.05) is 90.6 Å². The predicted octanol–water partition coefficient (Wildman–Crippen LogP) is 4.65. The second-order valence-electron chi connectivity index (χ2n) is 26.2. The average Bonchev–Trinajstić information content (AvgIpc) is 1.79. The third-order valence-corrected chi connectivity index (χ3v) is 18.8. The van der Waals surface area contributed by atoms with Gasteiger partial charge in [0, 0.05) is 74.8 Å². The Morgan fingerprint density at radius 1 is 0.677 bits per heavy atom. The first-order valence-corrected chi connectivity index (χ1v) is 32.2. The fourth-order valence-electron chi connectivity index (χ4n) is 12.4.